The number of carbonyl (C=O) groups excluding carboxylic acids is 1. The van der Waals surface area contributed by atoms with Crippen molar-refractivity contribution in [3.63, 3.8) is 0 Å². The molecule has 2 fully saturated rings. The molecule has 0 spiro atoms. The van der Waals surface area contributed by atoms with Crippen LogP contribution < -0.4 is 5.73 Å². The minimum atomic E-state index is -2.33. The van der Waals surface area contributed by atoms with Gasteiger partial charge < -0.3 is 80.9 Å². The normalized spacial score (nSPS) is 45.5. The van der Waals surface area contributed by atoms with Crippen molar-refractivity contribution in [2.45, 2.75) is 177 Å². The molecular weight excluding hydrogens is 851 g/mol. The molecule has 2 bridgehead atoms. The van der Waals surface area contributed by atoms with Crippen molar-refractivity contribution in [2.24, 2.45) is 23.5 Å². The first-order chi connectivity index (χ1) is 30.6. The van der Waals surface area contributed by atoms with Crippen LogP contribution in [0.4, 0.5) is 0 Å². The minimum Gasteiger partial charge on any atom is -0.481 e. The van der Waals surface area contributed by atoms with E-state index in [-0.39, 0.29) is 31.6 Å². The minimum absolute atomic E-state index is 0.107. The molecule has 3 rings (SSSR count). The van der Waals surface area contributed by atoms with Gasteiger partial charge in [-0.05, 0) is 33.1 Å². The highest BCUT2D eigenvalue weighted by atomic mass is 16.7. The van der Waals surface area contributed by atoms with Crippen LogP contribution in [-0.2, 0) is 28.5 Å². The maximum absolute atomic E-state index is 12.6. The number of carboxylic acids is 1. The number of nitrogens with two attached hydrogens (primary N) is 1. The summed E-state index contributed by atoms with van der Waals surface area (Å²) in [7, 11) is 0. The maximum atomic E-state index is 12.6. The van der Waals surface area contributed by atoms with Crippen molar-refractivity contribution in [1.29, 1.82) is 0 Å². The smallest absolute Gasteiger partial charge is 0.311 e. The summed E-state index contributed by atoms with van der Waals surface area (Å²) < 4.78 is 23.1. The Hall–Kier alpha value is -3.44. The molecule has 0 aliphatic carbocycles. The van der Waals surface area contributed by atoms with Crippen molar-refractivity contribution < 1.29 is 84.7 Å². The molecule has 2 saturated heterocycles. The number of aliphatic hydroxyl groups is 10. The zero-order valence-corrected chi connectivity index (χ0v) is 37.6. The van der Waals surface area contributed by atoms with Gasteiger partial charge in [0.2, 0.25) is 0 Å². The predicted molar refractivity (Wildman–Crippen MR) is 237 cm³/mol. The van der Waals surface area contributed by atoms with Crippen LogP contribution in [0, 0.1) is 17.8 Å². The molecule has 0 aromatic heterocycles. The second kappa shape index (κ2) is 27.4. The number of aliphatic carboxylic acids is 1. The zero-order valence-electron chi connectivity index (χ0n) is 37.6. The third kappa shape index (κ3) is 18.6. The summed E-state index contributed by atoms with van der Waals surface area (Å²) in [5.74, 6) is -6.83. The van der Waals surface area contributed by atoms with Crippen molar-refractivity contribution in [2.75, 3.05) is 0 Å². The number of esters is 1. The van der Waals surface area contributed by atoms with Gasteiger partial charge >= 0.3 is 11.9 Å². The summed E-state index contributed by atoms with van der Waals surface area (Å²) >= 11 is 0. The summed E-state index contributed by atoms with van der Waals surface area (Å²) in [4.78, 5) is 25.1. The summed E-state index contributed by atoms with van der Waals surface area (Å²) in [6.07, 6.45) is 3.46. The van der Waals surface area contributed by atoms with Gasteiger partial charge in [0.05, 0.1) is 79.6 Å². The third-order valence-corrected chi connectivity index (χ3v) is 12.0. The molecule has 368 valence electrons. The fourth-order valence-corrected chi connectivity index (χ4v) is 7.97. The van der Waals surface area contributed by atoms with E-state index in [4.69, 9.17) is 24.7 Å². The molecule has 3 aliphatic rings. The number of allylic oxidation sites excluding steroid dienone is 12. The predicted octanol–water partition coefficient (Wildman–Crippen LogP) is 0.712. The van der Waals surface area contributed by atoms with Crippen LogP contribution in [0.25, 0.3) is 0 Å². The second-order valence-corrected chi connectivity index (χ2v) is 17.6. The van der Waals surface area contributed by atoms with E-state index >= 15 is 0 Å². The van der Waals surface area contributed by atoms with Crippen LogP contribution in [0.2, 0.25) is 0 Å². The van der Waals surface area contributed by atoms with Crippen LogP contribution in [0.1, 0.15) is 79.1 Å². The van der Waals surface area contributed by atoms with Crippen molar-refractivity contribution in [1.82, 2.24) is 0 Å². The fraction of sp³-hybridized carbons (Fsp3) is 0.660. The Morgan fingerprint density at radius 1 is 0.662 bits per heavy atom. The summed E-state index contributed by atoms with van der Waals surface area (Å²) in [6, 6.07) is -1.15. The molecule has 19 atom stereocenters. The van der Waals surface area contributed by atoms with Gasteiger partial charge in [0.1, 0.15) is 18.1 Å². The average molecular weight is 924 g/mol. The Balaban J connectivity index is 1.86. The lowest BCUT2D eigenvalue weighted by Gasteiger charge is -2.45. The van der Waals surface area contributed by atoms with Crippen LogP contribution in [0.15, 0.2) is 85.1 Å². The second-order valence-electron chi connectivity index (χ2n) is 17.6. The van der Waals surface area contributed by atoms with E-state index in [1.165, 1.54) is 13.0 Å². The van der Waals surface area contributed by atoms with Crippen LogP contribution in [-0.4, -0.2) is 166 Å². The average Bonchev–Trinajstić information content (AvgIpc) is 3.21. The molecule has 3 heterocycles. The van der Waals surface area contributed by atoms with Crippen LogP contribution >= 0.6 is 0 Å². The Kier molecular flexibility index (Phi) is 23.6. The lowest BCUT2D eigenvalue weighted by atomic mass is 9.82. The number of hydrogen-bond acceptors (Lipinski definition) is 17. The molecule has 0 radical (unpaired) electrons. The van der Waals surface area contributed by atoms with E-state index in [0.29, 0.717) is 0 Å². The van der Waals surface area contributed by atoms with Crippen molar-refractivity contribution in [3.05, 3.63) is 85.1 Å². The van der Waals surface area contributed by atoms with Gasteiger partial charge in [0.25, 0.3) is 0 Å². The number of cyclic esters (lactones) is 1. The fourth-order valence-electron chi connectivity index (χ4n) is 7.97. The Bertz CT molecular complexity index is 1670. The SMILES string of the molecule is C[C@@H]1[C@H](O)[C@@H](C)/C=C/C=C/C=C/C=C/C=C/C=C/C=C/C(OC2O[C@H](C)[C@@H](O)[C@H](N)[C@@H]2O)C[C@@H]2O[C@](O)(C[C@@H](O)C[C@@H](O)[C@H](O)CC[C@@H](O)C[C@@H](O)CC(=O)O[C@H]1C)C[C@H](O)[C@H]2C(=O)O. The zero-order chi connectivity index (χ0) is 48.4. The quantitative estimate of drug-likeness (QED) is 0.174. The molecule has 65 heavy (non-hydrogen) atoms. The van der Waals surface area contributed by atoms with Gasteiger partial charge in [-0.15, -0.1) is 0 Å². The van der Waals surface area contributed by atoms with Gasteiger partial charge in [-0.1, -0.05) is 98.9 Å². The Labute approximate surface area is 381 Å². The first-order valence-electron chi connectivity index (χ1n) is 22.3. The van der Waals surface area contributed by atoms with Gasteiger partial charge in [0, 0.05) is 37.5 Å². The molecule has 0 aromatic carbocycles. The monoisotopic (exact) mass is 923 g/mol. The number of ether oxygens (including phenoxy) is 4. The van der Waals surface area contributed by atoms with Gasteiger partial charge in [-0.2, -0.15) is 0 Å². The third-order valence-electron chi connectivity index (χ3n) is 12.0. The largest absolute Gasteiger partial charge is 0.481 e. The van der Waals surface area contributed by atoms with E-state index in [1.807, 2.05) is 19.1 Å². The molecule has 0 amide bonds. The number of carbonyl (C=O) groups is 2. The lowest BCUT2D eigenvalue weighted by molar-refractivity contribution is -0.308. The number of hydrogen-bond donors (Lipinski definition) is 12. The standard InChI is InChI=1S/C47H73NO17/c1-27-17-15-13-11-9-7-5-6-8-10-12-14-16-18-34(64-46-44(58)41(48)43(57)30(4)63-46)24-38-40(45(59)60)37(54)26-47(61,65-38)25-33(51)22-36(53)35(52)20-19-31(49)21-32(50)23-39(55)62-29(3)28(2)42(27)56/h5-18,27-38,40-44,46,49-54,56-58,61H,19-26,48H2,1-4H3,(H,59,60)/b6-5+,9-7+,10-8+,13-11+,14-12+,17-15+,18-16+/t27-,28-,29-,30+,31+,32+,33-,34?,35+,36+,37-,38-,40+,41-,42+,43+,44-,46?,47+/m0/s1. The van der Waals surface area contributed by atoms with Crippen molar-refractivity contribution in [3.8, 4) is 0 Å². The first-order valence-corrected chi connectivity index (χ1v) is 22.3. The highest BCUT2D eigenvalue weighted by Crippen LogP contribution is 2.38. The van der Waals surface area contributed by atoms with E-state index in [9.17, 15) is 65.8 Å². The molecule has 0 aromatic rings. The maximum Gasteiger partial charge on any atom is 0.311 e. The molecule has 18 heteroatoms. The topological polar surface area (TPSA) is 320 Å². The number of aliphatic hydroxyl groups excluding tert-OH is 9. The highest BCUT2D eigenvalue weighted by molar-refractivity contribution is 5.71. The number of fused-ring (bicyclic) bond motifs is 2. The van der Waals surface area contributed by atoms with Crippen molar-refractivity contribution >= 4 is 11.9 Å². The summed E-state index contributed by atoms with van der Waals surface area (Å²) in [6.45, 7) is 6.74. The van der Waals surface area contributed by atoms with E-state index < -0.39 is 147 Å². The summed E-state index contributed by atoms with van der Waals surface area (Å²) in [5.41, 5.74) is 6.02. The molecular formula is C47H73NO17. The Morgan fingerprint density at radius 2 is 1.23 bits per heavy atom. The van der Waals surface area contributed by atoms with E-state index in [0.717, 1.165) is 0 Å². The van der Waals surface area contributed by atoms with Gasteiger partial charge in [0.15, 0.2) is 12.1 Å². The Morgan fingerprint density at radius 3 is 1.82 bits per heavy atom. The highest BCUT2D eigenvalue weighted by Gasteiger charge is 2.51. The molecule has 3 aliphatic heterocycles. The first kappa shape index (κ1) is 55.9. The summed E-state index contributed by atoms with van der Waals surface area (Å²) in [5, 5.41) is 118. The molecule has 0 saturated carbocycles. The number of carboxylic acid groups (broad SMARTS) is 1. The molecule has 13 N–H and O–H groups in total. The van der Waals surface area contributed by atoms with E-state index in [2.05, 4.69) is 0 Å². The lowest BCUT2D eigenvalue weighted by Crippen LogP contribution is -2.61. The molecule has 2 unspecified atom stereocenters. The van der Waals surface area contributed by atoms with Gasteiger partial charge in [-0.3, -0.25) is 9.59 Å². The van der Waals surface area contributed by atoms with E-state index in [1.54, 1.807) is 80.7 Å². The van der Waals surface area contributed by atoms with Crippen LogP contribution in [0.5, 0.6) is 0 Å². The van der Waals surface area contributed by atoms with Crippen LogP contribution in [0.3, 0.4) is 0 Å². The molecule has 18 nitrogen and oxygen atoms in total. The van der Waals surface area contributed by atoms with Gasteiger partial charge in [-0.25, -0.2) is 0 Å². The number of rotatable bonds is 3.